The fraction of sp³-hybridized carbons (Fsp3) is 0.120. The molecule has 2 aromatic heterocycles. The second-order valence-corrected chi connectivity index (χ2v) is 8.13. The molecular weight excluding hydrogens is 444 g/mol. The van der Waals surface area contributed by atoms with E-state index in [4.69, 9.17) is 20.8 Å². The second kappa shape index (κ2) is 7.86. The van der Waals surface area contributed by atoms with Gasteiger partial charge in [-0.1, -0.05) is 23.7 Å². The third-order valence-electron chi connectivity index (χ3n) is 5.63. The molecule has 0 fully saturated rings. The van der Waals surface area contributed by atoms with Crippen molar-refractivity contribution in [2.45, 2.75) is 13.0 Å². The number of amides is 1. The van der Waals surface area contributed by atoms with Crippen molar-refractivity contribution < 1.29 is 18.7 Å². The van der Waals surface area contributed by atoms with Crippen molar-refractivity contribution in [3.63, 3.8) is 0 Å². The van der Waals surface area contributed by atoms with Gasteiger partial charge in [-0.05, 0) is 60.5 Å². The van der Waals surface area contributed by atoms with Crippen molar-refractivity contribution in [1.29, 1.82) is 0 Å². The number of carbonyl (C=O) groups is 2. The first-order valence-corrected chi connectivity index (χ1v) is 10.5. The highest BCUT2D eigenvalue weighted by atomic mass is 35.5. The van der Waals surface area contributed by atoms with E-state index >= 15 is 0 Å². The van der Waals surface area contributed by atoms with Crippen molar-refractivity contribution in [2.75, 3.05) is 12.0 Å². The minimum absolute atomic E-state index is 0.0415. The summed E-state index contributed by atoms with van der Waals surface area (Å²) in [6, 6.07) is 14.0. The Balaban J connectivity index is 1.77. The van der Waals surface area contributed by atoms with E-state index in [1.54, 1.807) is 48.7 Å². The molecule has 2 aromatic carbocycles. The van der Waals surface area contributed by atoms with Gasteiger partial charge in [0, 0.05) is 11.2 Å². The number of rotatable bonds is 3. The van der Waals surface area contributed by atoms with Crippen LogP contribution in [0.1, 0.15) is 43.6 Å². The highest BCUT2D eigenvalue weighted by Crippen LogP contribution is 2.40. The largest absolute Gasteiger partial charge is 0.465 e. The van der Waals surface area contributed by atoms with Gasteiger partial charge in [-0.25, -0.2) is 9.78 Å². The molecule has 164 valence electrons. The molecule has 1 aliphatic heterocycles. The number of pyridine rings is 1. The number of hydrogen-bond donors (Lipinski definition) is 0. The first-order valence-electron chi connectivity index (χ1n) is 10.1. The van der Waals surface area contributed by atoms with Gasteiger partial charge in [0.05, 0.1) is 29.7 Å². The topological polar surface area (TPSA) is 89.7 Å². The summed E-state index contributed by atoms with van der Waals surface area (Å²) in [5, 5.41) is 0.666. The molecule has 0 unspecified atom stereocenters. The molecule has 0 N–H and O–H groups in total. The van der Waals surface area contributed by atoms with Crippen molar-refractivity contribution in [2.24, 2.45) is 0 Å². The smallest absolute Gasteiger partial charge is 0.337 e. The maximum absolute atomic E-state index is 13.6. The van der Waals surface area contributed by atoms with E-state index in [9.17, 15) is 14.4 Å². The van der Waals surface area contributed by atoms with Crippen LogP contribution in [-0.2, 0) is 4.74 Å². The standard InChI is InChI=1S/C25H17ClN2O5/c1-13-9-10-27-19(11-13)28-21(14-3-5-15(6-4-14)25(31)32-2)20-22(29)17-12-16(26)7-8-18(17)33-23(20)24(28)30/h3-12,21H,1-2H3/t21-/m1/s1. The summed E-state index contributed by atoms with van der Waals surface area (Å²) in [5.74, 6) is -0.615. The maximum atomic E-state index is 13.6. The summed E-state index contributed by atoms with van der Waals surface area (Å²) in [6.07, 6.45) is 1.60. The van der Waals surface area contributed by atoms with E-state index < -0.39 is 17.9 Å². The molecule has 0 saturated carbocycles. The van der Waals surface area contributed by atoms with Crippen molar-refractivity contribution in [3.05, 3.63) is 104 Å². The Hall–Kier alpha value is -3.97. The van der Waals surface area contributed by atoms with Gasteiger partial charge in [0.25, 0.3) is 5.91 Å². The van der Waals surface area contributed by atoms with E-state index in [2.05, 4.69) is 4.98 Å². The third-order valence-corrected chi connectivity index (χ3v) is 5.86. The number of anilines is 1. The zero-order valence-corrected chi connectivity index (χ0v) is 18.4. The molecule has 7 nitrogen and oxygen atoms in total. The van der Waals surface area contributed by atoms with Gasteiger partial charge < -0.3 is 9.15 Å². The average molecular weight is 461 g/mol. The van der Waals surface area contributed by atoms with Gasteiger partial charge in [-0.2, -0.15) is 0 Å². The van der Waals surface area contributed by atoms with Crippen molar-refractivity contribution in [1.82, 2.24) is 4.98 Å². The van der Waals surface area contributed by atoms with E-state index in [0.29, 0.717) is 22.0 Å². The van der Waals surface area contributed by atoms with Crippen LogP contribution < -0.4 is 10.3 Å². The van der Waals surface area contributed by atoms with Crippen LogP contribution in [0, 0.1) is 6.92 Å². The Morgan fingerprint density at radius 1 is 1.09 bits per heavy atom. The molecular formula is C25H17ClN2O5. The lowest BCUT2D eigenvalue weighted by atomic mass is 9.97. The molecule has 1 atom stereocenters. The summed E-state index contributed by atoms with van der Waals surface area (Å²) in [5.41, 5.74) is 1.99. The average Bonchev–Trinajstić information content (AvgIpc) is 3.11. The van der Waals surface area contributed by atoms with Gasteiger partial charge in [0.2, 0.25) is 5.76 Å². The van der Waals surface area contributed by atoms with Crippen molar-refractivity contribution >= 4 is 40.3 Å². The first-order chi connectivity index (χ1) is 15.9. The zero-order chi connectivity index (χ0) is 23.3. The van der Waals surface area contributed by atoms with E-state index in [0.717, 1.165) is 5.56 Å². The fourth-order valence-corrected chi connectivity index (χ4v) is 4.24. The number of fused-ring (bicyclic) bond motifs is 2. The van der Waals surface area contributed by atoms with Crippen LogP contribution in [0.5, 0.6) is 0 Å². The summed E-state index contributed by atoms with van der Waals surface area (Å²) >= 11 is 6.11. The van der Waals surface area contributed by atoms with Crippen LogP contribution in [0.15, 0.2) is 70.0 Å². The van der Waals surface area contributed by atoms with Gasteiger partial charge in [-0.15, -0.1) is 0 Å². The Labute approximate surface area is 193 Å². The van der Waals surface area contributed by atoms with Crippen LogP contribution in [0.2, 0.25) is 5.02 Å². The van der Waals surface area contributed by atoms with E-state index in [-0.39, 0.29) is 27.7 Å². The predicted octanol–water partition coefficient (Wildman–Crippen LogP) is 4.69. The van der Waals surface area contributed by atoms with Crippen LogP contribution in [0.3, 0.4) is 0 Å². The molecule has 3 heterocycles. The summed E-state index contributed by atoms with van der Waals surface area (Å²) in [4.78, 5) is 44.8. The number of carbonyl (C=O) groups excluding carboxylic acids is 2. The molecule has 0 spiro atoms. The molecule has 8 heteroatoms. The second-order valence-electron chi connectivity index (χ2n) is 7.70. The van der Waals surface area contributed by atoms with Gasteiger partial charge in [0.15, 0.2) is 5.43 Å². The lowest BCUT2D eigenvalue weighted by molar-refractivity contribution is 0.0600. The predicted molar refractivity (Wildman–Crippen MR) is 123 cm³/mol. The van der Waals surface area contributed by atoms with E-state index in [1.807, 2.05) is 13.0 Å². The molecule has 1 amide bonds. The SMILES string of the molecule is COC(=O)c1ccc([C@@H]2c3c(oc4ccc(Cl)cc4c3=O)C(=O)N2c2cc(C)ccn2)cc1. The number of aryl methyl sites for hydroxylation is 1. The zero-order valence-electron chi connectivity index (χ0n) is 17.7. The first kappa shape index (κ1) is 20.9. The Morgan fingerprint density at radius 3 is 2.55 bits per heavy atom. The molecule has 0 aliphatic carbocycles. The summed E-state index contributed by atoms with van der Waals surface area (Å²) in [7, 11) is 1.30. The molecule has 5 rings (SSSR count). The minimum atomic E-state index is -0.798. The Morgan fingerprint density at radius 2 is 1.85 bits per heavy atom. The molecule has 4 aromatic rings. The lowest BCUT2D eigenvalue weighted by Gasteiger charge is -2.24. The summed E-state index contributed by atoms with van der Waals surface area (Å²) in [6.45, 7) is 1.89. The third kappa shape index (κ3) is 3.37. The van der Waals surface area contributed by atoms with Crippen LogP contribution >= 0.6 is 11.6 Å². The number of benzene rings is 2. The molecule has 0 radical (unpaired) electrons. The molecule has 1 aliphatic rings. The number of esters is 1. The minimum Gasteiger partial charge on any atom is -0.465 e. The number of ether oxygens (including phenoxy) is 1. The van der Waals surface area contributed by atoms with Gasteiger partial charge in [-0.3, -0.25) is 14.5 Å². The van der Waals surface area contributed by atoms with Crippen LogP contribution in [0.4, 0.5) is 5.82 Å². The fourth-order valence-electron chi connectivity index (χ4n) is 4.07. The molecule has 0 saturated heterocycles. The van der Waals surface area contributed by atoms with E-state index in [1.165, 1.54) is 18.1 Å². The quantitative estimate of drug-likeness (QED) is 0.412. The Bertz CT molecular complexity index is 1490. The lowest BCUT2D eigenvalue weighted by Crippen LogP contribution is -2.30. The normalized spacial score (nSPS) is 15.1. The number of aromatic nitrogens is 1. The van der Waals surface area contributed by atoms with Crippen LogP contribution in [-0.4, -0.2) is 24.0 Å². The number of methoxy groups -OCH3 is 1. The highest BCUT2D eigenvalue weighted by molar-refractivity contribution is 6.31. The van der Waals surface area contributed by atoms with Gasteiger partial charge in [0.1, 0.15) is 11.4 Å². The number of hydrogen-bond acceptors (Lipinski definition) is 6. The molecule has 33 heavy (non-hydrogen) atoms. The van der Waals surface area contributed by atoms with Gasteiger partial charge >= 0.3 is 5.97 Å². The van der Waals surface area contributed by atoms with Crippen LogP contribution in [0.25, 0.3) is 11.0 Å². The maximum Gasteiger partial charge on any atom is 0.337 e. The highest BCUT2D eigenvalue weighted by Gasteiger charge is 2.44. The van der Waals surface area contributed by atoms with Crippen molar-refractivity contribution in [3.8, 4) is 0 Å². The summed E-state index contributed by atoms with van der Waals surface area (Å²) < 4.78 is 10.7. The number of halogens is 1. The Kier molecular flexibility index (Phi) is 4.98. The molecule has 0 bridgehead atoms. The number of nitrogens with zero attached hydrogens (tertiary/aromatic N) is 2. The monoisotopic (exact) mass is 460 g/mol.